The number of carbonyl (C=O) groups excluding carboxylic acids is 6. The molecule has 0 aromatic heterocycles. The van der Waals surface area contributed by atoms with E-state index in [2.05, 4.69) is 16.0 Å². The summed E-state index contributed by atoms with van der Waals surface area (Å²) >= 11 is 0. The first-order chi connectivity index (χ1) is 36.2. The molecule has 4 rings (SSSR count). The third-order valence-electron chi connectivity index (χ3n) is 10.7. The van der Waals surface area contributed by atoms with Crippen LogP contribution in [0.25, 0.3) is 0 Å². The highest BCUT2D eigenvalue weighted by atomic mass is 16.6. The van der Waals surface area contributed by atoms with Gasteiger partial charge in [-0.05, 0) is 55.7 Å². The summed E-state index contributed by atoms with van der Waals surface area (Å²) in [6.45, 7) is 12.9. The molecular weight excluding hydrogens is 973 g/mol. The van der Waals surface area contributed by atoms with Crippen molar-refractivity contribution in [3.05, 3.63) is 53.6 Å². The number of fused-ring (bicyclic) bond motifs is 1. The molecule has 2 aromatic carbocycles. The first kappa shape index (κ1) is 61.5. The lowest BCUT2D eigenvalue weighted by atomic mass is 10.0. The predicted molar refractivity (Wildman–Crippen MR) is 266 cm³/mol. The number of hydrogen-bond donors (Lipinski definition) is 3. The fourth-order valence-electron chi connectivity index (χ4n) is 7.08. The van der Waals surface area contributed by atoms with Gasteiger partial charge in [-0.25, -0.2) is 0 Å². The number of imide groups is 2. The van der Waals surface area contributed by atoms with Crippen LogP contribution in [-0.4, -0.2) is 212 Å². The van der Waals surface area contributed by atoms with E-state index in [1.165, 1.54) is 13.0 Å². The van der Waals surface area contributed by atoms with Crippen LogP contribution >= 0.6 is 0 Å². The van der Waals surface area contributed by atoms with Gasteiger partial charge in [0.15, 0.2) is 0 Å². The molecule has 0 radical (unpaired) electrons. The molecule has 2 aliphatic rings. The van der Waals surface area contributed by atoms with Crippen molar-refractivity contribution in [3.63, 3.8) is 0 Å². The van der Waals surface area contributed by atoms with Crippen molar-refractivity contribution in [2.45, 2.75) is 51.5 Å². The second-order valence-electron chi connectivity index (χ2n) is 16.4. The van der Waals surface area contributed by atoms with E-state index in [9.17, 15) is 28.8 Å². The zero-order valence-electron chi connectivity index (χ0n) is 42.7. The first-order valence-electron chi connectivity index (χ1n) is 25.3. The van der Waals surface area contributed by atoms with Gasteiger partial charge in [0.1, 0.15) is 18.4 Å². The third kappa shape index (κ3) is 26.5. The second-order valence-corrected chi connectivity index (χ2v) is 16.4. The summed E-state index contributed by atoms with van der Waals surface area (Å²) in [7, 11) is 0. The number of benzene rings is 2. The highest BCUT2D eigenvalue weighted by Crippen LogP contribution is 2.32. The summed E-state index contributed by atoms with van der Waals surface area (Å²) < 4.78 is 71.8. The zero-order chi connectivity index (χ0) is 52.7. The Labute approximate surface area is 433 Å². The number of anilines is 2. The van der Waals surface area contributed by atoms with E-state index in [1.54, 1.807) is 36.4 Å². The van der Waals surface area contributed by atoms with Gasteiger partial charge in [0.05, 0.1) is 169 Å². The molecule has 1 saturated heterocycles. The lowest BCUT2D eigenvalue weighted by Gasteiger charge is -2.27. The van der Waals surface area contributed by atoms with Gasteiger partial charge in [-0.15, -0.1) is 0 Å². The summed E-state index contributed by atoms with van der Waals surface area (Å²) in [4.78, 5) is 74.8. The summed E-state index contributed by atoms with van der Waals surface area (Å²) in [6.07, 6.45) is 2.41. The molecule has 74 heavy (non-hydrogen) atoms. The number of rotatable bonds is 46. The molecule has 0 saturated carbocycles. The number of carbonyl (C=O) groups is 6. The van der Waals surface area contributed by atoms with Crippen LogP contribution in [0.5, 0.6) is 5.75 Å². The maximum absolute atomic E-state index is 13.2. The highest BCUT2D eigenvalue weighted by Gasteiger charge is 2.45. The first-order valence-corrected chi connectivity index (χ1v) is 25.3. The van der Waals surface area contributed by atoms with Crippen LogP contribution in [0.3, 0.4) is 0 Å². The van der Waals surface area contributed by atoms with Crippen LogP contribution in [0.2, 0.25) is 0 Å². The molecule has 3 N–H and O–H groups in total. The molecule has 1 unspecified atom stereocenters. The molecule has 2 heterocycles. The molecule has 2 aliphatic heterocycles. The predicted octanol–water partition coefficient (Wildman–Crippen LogP) is 2.82. The number of hydrogen-bond acceptors (Lipinski definition) is 19. The van der Waals surface area contributed by atoms with Crippen molar-refractivity contribution in [3.8, 4) is 5.75 Å². The van der Waals surface area contributed by atoms with Gasteiger partial charge in [0.25, 0.3) is 11.8 Å². The smallest absolute Gasteiger partial charge is 0.264 e. The van der Waals surface area contributed by atoms with Crippen LogP contribution in [0.15, 0.2) is 42.5 Å². The lowest BCUT2D eigenvalue weighted by Crippen LogP contribution is -2.54. The molecule has 23 nitrogen and oxygen atoms in total. The van der Waals surface area contributed by atoms with Crippen LogP contribution < -0.4 is 20.7 Å². The van der Waals surface area contributed by atoms with Crippen molar-refractivity contribution in [2.24, 2.45) is 0 Å². The topological polar surface area (TPSA) is 262 Å². The summed E-state index contributed by atoms with van der Waals surface area (Å²) in [5.74, 6) is -2.15. The van der Waals surface area contributed by atoms with Crippen LogP contribution in [0.4, 0.5) is 11.4 Å². The Kier molecular flexibility index (Phi) is 32.8. The van der Waals surface area contributed by atoms with Crippen LogP contribution in [0, 0.1) is 0 Å². The van der Waals surface area contributed by atoms with Crippen molar-refractivity contribution >= 4 is 46.8 Å². The maximum Gasteiger partial charge on any atom is 0.264 e. The average molecular weight is 1050 g/mol. The largest absolute Gasteiger partial charge is 0.491 e. The number of piperidine rings is 1. The van der Waals surface area contributed by atoms with E-state index >= 15 is 0 Å². The molecule has 6 amide bonds. The van der Waals surface area contributed by atoms with Gasteiger partial charge in [-0.1, -0.05) is 12.5 Å². The minimum absolute atomic E-state index is 0.0234. The summed E-state index contributed by atoms with van der Waals surface area (Å²) in [5, 5.41) is 7.62. The lowest BCUT2D eigenvalue weighted by molar-refractivity contribution is -0.136. The maximum atomic E-state index is 13.2. The highest BCUT2D eigenvalue weighted by molar-refractivity contribution is 6.26. The van der Waals surface area contributed by atoms with Gasteiger partial charge in [0, 0.05) is 32.1 Å². The minimum Gasteiger partial charge on any atom is -0.491 e. The molecule has 23 heteroatoms. The molecule has 414 valence electrons. The molecule has 2 aromatic rings. The Hall–Kier alpha value is -5.02. The molecule has 0 spiro atoms. The number of nitrogens with one attached hydrogen (secondary N) is 3. The van der Waals surface area contributed by atoms with E-state index < -0.39 is 29.7 Å². The monoisotopic (exact) mass is 1050 g/mol. The van der Waals surface area contributed by atoms with Crippen LogP contribution in [0.1, 0.15) is 66.2 Å². The van der Waals surface area contributed by atoms with Gasteiger partial charge < -0.3 is 72.2 Å². The van der Waals surface area contributed by atoms with E-state index in [0.717, 1.165) is 23.4 Å². The fraction of sp³-hybridized carbons (Fsp3) is 0.647. The third-order valence-corrected chi connectivity index (χ3v) is 10.7. The second kappa shape index (κ2) is 39.4. The molecule has 0 bridgehead atoms. The molecule has 1 atom stereocenters. The van der Waals surface area contributed by atoms with Gasteiger partial charge >= 0.3 is 0 Å². The molecular formula is C51H76N4O19. The number of unbranched alkanes of at least 4 members (excludes halogenated alkanes) is 2. The van der Waals surface area contributed by atoms with E-state index in [1.807, 2.05) is 0 Å². The van der Waals surface area contributed by atoms with Gasteiger partial charge in [0.2, 0.25) is 23.6 Å². The Morgan fingerprint density at radius 3 is 1.38 bits per heavy atom. The number of nitrogens with zero attached hydrogens (tertiary/aromatic N) is 1. The van der Waals surface area contributed by atoms with Crippen LogP contribution in [-0.2, 0) is 76.0 Å². The minimum atomic E-state index is -1.08. The Balaban J connectivity index is 0.776. The normalized spacial score (nSPS) is 14.4. The molecule has 0 aliphatic carbocycles. The van der Waals surface area contributed by atoms with Gasteiger partial charge in [-0.2, -0.15) is 0 Å². The Bertz CT molecular complexity index is 1930. The molecule has 1 fully saturated rings. The van der Waals surface area contributed by atoms with Crippen molar-refractivity contribution < 1.29 is 90.3 Å². The summed E-state index contributed by atoms with van der Waals surface area (Å²) in [5.41, 5.74) is 1.09. The fourth-order valence-corrected chi connectivity index (χ4v) is 7.08. The Morgan fingerprint density at radius 2 is 0.946 bits per heavy atom. The van der Waals surface area contributed by atoms with E-state index in [-0.39, 0.29) is 47.9 Å². The van der Waals surface area contributed by atoms with E-state index in [4.69, 9.17) is 61.6 Å². The quantitative estimate of drug-likeness (QED) is 0.0636. The van der Waals surface area contributed by atoms with Gasteiger partial charge in [-0.3, -0.25) is 39.0 Å². The van der Waals surface area contributed by atoms with Crippen molar-refractivity contribution in [1.29, 1.82) is 0 Å². The SMILES string of the molecule is CC(=O)Nc1ccc(OCCOCCOCCOCCOCCOCCOCCOCCOCCOCCOCCOCCOCCCCCC(=O)Nc2cccc3c2C(=O)N(C2CCC(=O)NC2=O)C3=O)cc1. The standard InChI is InChI=1S/C51H76N4O19/c1-40(56)52-41-9-11-42(12-10-41)74-39-38-73-37-36-72-35-34-71-33-32-70-31-30-69-29-28-68-27-26-67-25-24-66-23-22-65-21-20-64-19-18-63-17-16-62-15-4-2-3-8-46(57)53-44-7-5-6-43-48(44)51(61)55(50(43)60)45-13-14-47(58)54-49(45)59/h5-7,9-12,45H,2-4,8,13-39H2,1H3,(H,52,56)(H,53,57)(H,54,58,59). The van der Waals surface area contributed by atoms with Crippen molar-refractivity contribution in [2.75, 3.05) is 176 Å². The van der Waals surface area contributed by atoms with E-state index in [0.29, 0.717) is 177 Å². The Morgan fingerprint density at radius 1 is 0.514 bits per heavy atom. The number of amides is 6. The number of ether oxygens (including phenoxy) is 13. The summed E-state index contributed by atoms with van der Waals surface area (Å²) in [6, 6.07) is 10.7. The zero-order valence-corrected chi connectivity index (χ0v) is 42.7. The van der Waals surface area contributed by atoms with Crippen molar-refractivity contribution in [1.82, 2.24) is 10.2 Å². The average Bonchev–Trinajstić information content (AvgIpc) is 3.64.